The highest BCUT2D eigenvalue weighted by atomic mass is 79.9. The number of nitrogen functional groups attached to an aromatic ring is 2. The van der Waals surface area contributed by atoms with Crippen LogP contribution < -0.4 is 11.5 Å². The van der Waals surface area contributed by atoms with Gasteiger partial charge in [0.05, 0.1) is 0 Å². The Morgan fingerprint density at radius 2 is 1.22 bits per heavy atom. The molecule has 0 aliphatic carbocycles. The summed E-state index contributed by atoms with van der Waals surface area (Å²) in [5.41, 5.74) is 13.7. The first-order valence-electron chi connectivity index (χ1n) is 5.14. The molecule has 0 amide bonds. The van der Waals surface area contributed by atoms with Crippen molar-refractivity contribution in [3.8, 4) is 0 Å². The van der Waals surface area contributed by atoms with Crippen molar-refractivity contribution in [3.63, 3.8) is 0 Å². The lowest BCUT2D eigenvalue weighted by molar-refractivity contribution is 0.103. The topological polar surface area (TPSA) is 69.1 Å². The fourth-order valence-electron chi connectivity index (χ4n) is 1.50. The van der Waals surface area contributed by atoms with Crippen molar-refractivity contribution in [2.24, 2.45) is 0 Å². The van der Waals surface area contributed by atoms with Gasteiger partial charge in [0.1, 0.15) is 0 Å². The number of hydrogen-bond acceptors (Lipinski definition) is 3. The van der Waals surface area contributed by atoms with Crippen LogP contribution in [0, 0.1) is 0 Å². The van der Waals surface area contributed by atoms with Crippen molar-refractivity contribution >= 4 is 49.0 Å². The minimum absolute atomic E-state index is 0.0728. The highest BCUT2D eigenvalue weighted by Gasteiger charge is 2.11. The van der Waals surface area contributed by atoms with Crippen molar-refractivity contribution < 1.29 is 4.79 Å². The molecule has 2 aromatic carbocycles. The number of carbonyl (C=O) groups excluding carboxylic acids is 1. The summed E-state index contributed by atoms with van der Waals surface area (Å²) in [4.78, 5) is 12.3. The number of carbonyl (C=O) groups is 1. The average molecular weight is 370 g/mol. The fraction of sp³-hybridized carbons (Fsp3) is 0. The number of rotatable bonds is 2. The smallest absolute Gasteiger partial charge is 0.193 e. The minimum Gasteiger partial charge on any atom is -0.398 e. The average Bonchev–Trinajstić information content (AvgIpc) is 2.35. The van der Waals surface area contributed by atoms with Gasteiger partial charge in [0, 0.05) is 31.4 Å². The van der Waals surface area contributed by atoms with Crippen molar-refractivity contribution in [2.75, 3.05) is 11.5 Å². The van der Waals surface area contributed by atoms with Crippen LogP contribution in [0.1, 0.15) is 15.9 Å². The third-order valence-corrected chi connectivity index (χ3v) is 3.90. The molecule has 18 heavy (non-hydrogen) atoms. The maximum absolute atomic E-state index is 12.3. The summed E-state index contributed by atoms with van der Waals surface area (Å²) in [5, 5.41) is 0. The third kappa shape index (κ3) is 2.57. The van der Waals surface area contributed by atoms with Gasteiger partial charge in [-0.05, 0) is 68.3 Å². The summed E-state index contributed by atoms with van der Waals surface area (Å²) in [7, 11) is 0. The van der Waals surface area contributed by atoms with E-state index in [1.54, 1.807) is 36.4 Å². The van der Waals surface area contributed by atoms with E-state index in [2.05, 4.69) is 31.9 Å². The van der Waals surface area contributed by atoms with Gasteiger partial charge in [-0.1, -0.05) is 0 Å². The van der Waals surface area contributed by atoms with Crippen molar-refractivity contribution in [1.29, 1.82) is 0 Å². The fourth-order valence-corrected chi connectivity index (χ4v) is 2.26. The minimum atomic E-state index is -0.0728. The van der Waals surface area contributed by atoms with E-state index in [1.165, 1.54) is 0 Å². The standard InChI is InChI=1S/C13H10Br2N2O/c14-9-5-7(1-3-11(9)16)13(18)8-2-4-12(17)10(15)6-8/h1-6H,16-17H2. The van der Waals surface area contributed by atoms with Gasteiger partial charge in [-0.3, -0.25) is 4.79 Å². The lowest BCUT2D eigenvalue weighted by atomic mass is 10.0. The second-order valence-corrected chi connectivity index (χ2v) is 5.51. The Bertz CT molecular complexity index is 573. The summed E-state index contributed by atoms with van der Waals surface area (Å²) < 4.78 is 1.42. The van der Waals surface area contributed by atoms with Gasteiger partial charge in [-0.25, -0.2) is 0 Å². The molecule has 0 aliphatic heterocycles. The Hall–Kier alpha value is -1.33. The number of benzene rings is 2. The molecule has 0 fully saturated rings. The van der Waals surface area contributed by atoms with E-state index in [9.17, 15) is 4.79 Å². The zero-order valence-electron chi connectivity index (χ0n) is 9.28. The lowest BCUT2D eigenvalue weighted by Crippen LogP contribution is -2.02. The molecule has 0 aliphatic rings. The number of nitrogens with two attached hydrogens (primary N) is 2. The predicted octanol–water partition coefficient (Wildman–Crippen LogP) is 3.61. The Morgan fingerprint density at radius 1 is 0.833 bits per heavy atom. The van der Waals surface area contributed by atoms with E-state index in [1.807, 2.05) is 0 Å². The van der Waals surface area contributed by atoms with Crippen LogP contribution in [0.15, 0.2) is 45.3 Å². The Labute approximate surface area is 121 Å². The van der Waals surface area contributed by atoms with Gasteiger partial charge in [-0.15, -0.1) is 0 Å². The normalized spacial score (nSPS) is 10.3. The zero-order valence-corrected chi connectivity index (χ0v) is 12.5. The van der Waals surface area contributed by atoms with E-state index < -0.39 is 0 Å². The molecule has 0 bridgehead atoms. The molecule has 2 aromatic rings. The van der Waals surface area contributed by atoms with Gasteiger partial charge in [0.25, 0.3) is 0 Å². The van der Waals surface area contributed by atoms with Gasteiger partial charge in [0.2, 0.25) is 0 Å². The van der Waals surface area contributed by atoms with Crippen LogP contribution in [0.2, 0.25) is 0 Å². The highest BCUT2D eigenvalue weighted by molar-refractivity contribution is 9.11. The molecular weight excluding hydrogens is 360 g/mol. The van der Waals surface area contributed by atoms with Crippen LogP contribution in [0.5, 0.6) is 0 Å². The van der Waals surface area contributed by atoms with Crippen LogP contribution in [-0.2, 0) is 0 Å². The van der Waals surface area contributed by atoms with E-state index in [0.29, 0.717) is 31.4 Å². The number of hydrogen-bond donors (Lipinski definition) is 2. The van der Waals surface area contributed by atoms with E-state index >= 15 is 0 Å². The largest absolute Gasteiger partial charge is 0.398 e. The molecule has 0 spiro atoms. The molecule has 92 valence electrons. The molecule has 3 nitrogen and oxygen atoms in total. The number of halogens is 2. The molecule has 0 aromatic heterocycles. The summed E-state index contributed by atoms with van der Waals surface area (Å²) in [5.74, 6) is -0.0728. The van der Waals surface area contributed by atoms with Crippen molar-refractivity contribution in [2.45, 2.75) is 0 Å². The maximum atomic E-state index is 12.3. The molecule has 2 rings (SSSR count). The van der Waals surface area contributed by atoms with E-state index in [0.717, 1.165) is 0 Å². The lowest BCUT2D eigenvalue weighted by Gasteiger charge is -2.05. The maximum Gasteiger partial charge on any atom is 0.193 e. The SMILES string of the molecule is Nc1ccc(C(=O)c2ccc(N)c(Br)c2)cc1Br. The Balaban J connectivity index is 2.41. The summed E-state index contributed by atoms with van der Waals surface area (Å²) in [6.45, 7) is 0. The van der Waals surface area contributed by atoms with E-state index in [4.69, 9.17) is 11.5 Å². The third-order valence-electron chi connectivity index (χ3n) is 2.53. The van der Waals surface area contributed by atoms with Gasteiger partial charge in [-0.2, -0.15) is 0 Å². The highest BCUT2D eigenvalue weighted by Crippen LogP contribution is 2.25. The first-order valence-corrected chi connectivity index (χ1v) is 6.72. The first kappa shape index (κ1) is 13.1. The number of anilines is 2. The second kappa shape index (κ2) is 5.12. The summed E-state index contributed by atoms with van der Waals surface area (Å²) in [6, 6.07) is 10.2. The monoisotopic (exact) mass is 368 g/mol. The summed E-state index contributed by atoms with van der Waals surface area (Å²) in [6.07, 6.45) is 0. The van der Waals surface area contributed by atoms with Crippen LogP contribution in [0.3, 0.4) is 0 Å². The van der Waals surface area contributed by atoms with Gasteiger partial charge < -0.3 is 11.5 Å². The zero-order chi connectivity index (χ0) is 13.3. The van der Waals surface area contributed by atoms with E-state index in [-0.39, 0.29) is 5.78 Å². The van der Waals surface area contributed by atoms with Crippen molar-refractivity contribution in [3.05, 3.63) is 56.5 Å². The predicted molar refractivity (Wildman–Crippen MR) is 80.5 cm³/mol. The number of ketones is 1. The quantitative estimate of drug-likeness (QED) is 0.627. The molecule has 0 saturated heterocycles. The molecule has 0 unspecified atom stereocenters. The van der Waals surface area contributed by atoms with Crippen molar-refractivity contribution in [1.82, 2.24) is 0 Å². The first-order chi connectivity index (χ1) is 8.49. The molecule has 0 saturated carbocycles. The van der Waals surface area contributed by atoms with Gasteiger partial charge >= 0.3 is 0 Å². The molecule has 5 heteroatoms. The Morgan fingerprint density at radius 3 is 1.56 bits per heavy atom. The molecule has 0 radical (unpaired) electrons. The van der Waals surface area contributed by atoms with Crippen LogP contribution in [0.25, 0.3) is 0 Å². The van der Waals surface area contributed by atoms with Gasteiger partial charge in [0.15, 0.2) is 5.78 Å². The summed E-state index contributed by atoms with van der Waals surface area (Å²) >= 11 is 6.61. The molecule has 0 heterocycles. The second-order valence-electron chi connectivity index (χ2n) is 3.80. The Kier molecular flexibility index (Phi) is 3.73. The molecular formula is C13H10Br2N2O. The molecule has 4 N–H and O–H groups in total. The van der Waals surface area contributed by atoms with Crippen LogP contribution in [-0.4, -0.2) is 5.78 Å². The van der Waals surface area contributed by atoms with Crippen LogP contribution >= 0.6 is 31.9 Å². The molecule has 0 atom stereocenters. The van der Waals surface area contributed by atoms with Crippen LogP contribution in [0.4, 0.5) is 11.4 Å².